The van der Waals surface area contributed by atoms with Crippen molar-refractivity contribution in [2.45, 2.75) is 45.1 Å². The van der Waals surface area contributed by atoms with Crippen molar-refractivity contribution >= 4 is 29.4 Å². The van der Waals surface area contributed by atoms with Crippen LogP contribution in [0.15, 0.2) is 65.8 Å². The Bertz CT molecular complexity index is 1780. The van der Waals surface area contributed by atoms with Crippen LogP contribution in [0.3, 0.4) is 0 Å². The first-order valence-corrected chi connectivity index (χ1v) is 13.9. The van der Waals surface area contributed by atoms with Crippen LogP contribution in [0.2, 0.25) is 5.02 Å². The SMILES string of the molecule is CNC(=O)c1ccc(-n2c(N[C@@H](C)c3cnccn3)nc3c(c2=O)C[C@@H](C)N(C(=O)c2ccc(Cl)c(C(F)(F)F)c2)C3)cc1. The first kappa shape index (κ1) is 30.7. The first-order valence-electron chi connectivity index (χ1n) is 13.6. The Morgan fingerprint density at radius 1 is 1.09 bits per heavy atom. The Morgan fingerprint density at radius 2 is 1.80 bits per heavy atom. The van der Waals surface area contributed by atoms with Crippen LogP contribution in [-0.2, 0) is 19.1 Å². The fraction of sp³-hybridized carbons (Fsp3) is 0.267. The minimum atomic E-state index is -4.74. The summed E-state index contributed by atoms with van der Waals surface area (Å²) < 4.78 is 41.9. The Balaban J connectivity index is 1.57. The third-order valence-electron chi connectivity index (χ3n) is 7.38. The number of nitrogens with one attached hydrogen (secondary N) is 2. The zero-order chi connectivity index (χ0) is 31.8. The average molecular weight is 626 g/mol. The summed E-state index contributed by atoms with van der Waals surface area (Å²) in [6.07, 6.45) is 0.00865. The number of rotatable bonds is 6. The number of carbonyl (C=O) groups is 2. The quantitative estimate of drug-likeness (QED) is 0.315. The summed E-state index contributed by atoms with van der Waals surface area (Å²) in [5.74, 6) is -0.792. The van der Waals surface area contributed by atoms with Crippen molar-refractivity contribution in [2.75, 3.05) is 12.4 Å². The summed E-state index contributed by atoms with van der Waals surface area (Å²) in [7, 11) is 1.52. The highest BCUT2D eigenvalue weighted by atomic mass is 35.5. The van der Waals surface area contributed by atoms with Crippen molar-refractivity contribution in [2.24, 2.45) is 0 Å². The molecule has 44 heavy (non-hydrogen) atoms. The van der Waals surface area contributed by atoms with Gasteiger partial charge in [-0.3, -0.25) is 24.4 Å². The van der Waals surface area contributed by atoms with Crippen molar-refractivity contribution in [1.29, 1.82) is 0 Å². The molecule has 0 fully saturated rings. The lowest BCUT2D eigenvalue weighted by Crippen LogP contribution is -2.46. The summed E-state index contributed by atoms with van der Waals surface area (Å²) in [6.45, 7) is 3.41. The molecular weight excluding hydrogens is 599 g/mol. The van der Waals surface area contributed by atoms with Crippen LogP contribution < -0.4 is 16.2 Å². The van der Waals surface area contributed by atoms with Crippen LogP contribution in [0, 0.1) is 0 Å². The van der Waals surface area contributed by atoms with Gasteiger partial charge in [0.2, 0.25) is 5.95 Å². The summed E-state index contributed by atoms with van der Waals surface area (Å²) in [5.41, 5.74) is 0.408. The molecule has 14 heteroatoms. The molecule has 1 aliphatic rings. The number of benzene rings is 2. The number of aromatic nitrogens is 4. The topological polar surface area (TPSA) is 122 Å². The Morgan fingerprint density at radius 3 is 2.43 bits per heavy atom. The maximum absolute atomic E-state index is 14.0. The molecule has 2 atom stereocenters. The summed E-state index contributed by atoms with van der Waals surface area (Å²) in [4.78, 5) is 54.2. The molecule has 0 bridgehead atoms. The van der Waals surface area contributed by atoms with Gasteiger partial charge in [0, 0.05) is 42.2 Å². The van der Waals surface area contributed by atoms with Gasteiger partial charge in [-0.2, -0.15) is 13.2 Å². The van der Waals surface area contributed by atoms with Gasteiger partial charge in [-0.25, -0.2) is 9.55 Å². The summed E-state index contributed by atoms with van der Waals surface area (Å²) >= 11 is 5.76. The van der Waals surface area contributed by atoms with E-state index in [2.05, 4.69) is 20.6 Å². The van der Waals surface area contributed by atoms with Crippen LogP contribution in [0.4, 0.5) is 19.1 Å². The number of amides is 2. The molecule has 0 spiro atoms. The van der Waals surface area contributed by atoms with E-state index in [1.54, 1.807) is 37.4 Å². The Kier molecular flexibility index (Phi) is 8.42. The van der Waals surface area contributed by atoms with Gasteiger partial charge < -0.3 is 15.5 Å². The highest BCUT2D eigenvalue weighted by molar-refractivity contribution is 6.31. The zero-order valence-electron chi connectivity index (χ0n) is 23.8. The van der Waals surface area contributed by atoms with E-state index < -0.39 is 34.8 Å². The number of anilines is 1. The zero-order valence-corrected chi connectivity index (χ0v) is 24.6. The molecule has 5 rings (SSSR count). The fourth-order valence-electron chi connectivity index (χ4n) is 5.02. The maximum Gasteiger partial charge on any atom is 0.417 e. The molecular formula is C30H27ClF3N7O3. The molecule has 0 saturated carbocycles. The molecule has 0 saturated heterocycles. The van der Waals surface area contributed by atoms with Gasteiger partial charge >= 0.3 is 6.18 Å². The molecule has 0 aliphatic carbocycles. The number of carbonyl (C=O) groups excluding carboxylic acids is 2. The van der Waals surface area contributed by atoms with E-state index >= 15 is 0 Å². The Labute approximate surface area is 254 Å². The van der Waals surface area contributed by atoms with Crippen molar-refractivity contribution in [3.05, 3.63) is 110 Å². The monoisotopic (exact) mass is 625 g/mol. The molecule has 3 heterocycles. The summed E-state index contributed by atoms with van der Waals surface area (Å²) in [5, 5.41) is 5.25. The van der Waals surface area contributed by atoms with E-state index in [0.29, 0.717) is 28.2 Å². The number of alkyl halides is 3. The third kappa shape index (κ3) is 6.00. The van der Waals surface area contributed by atoms with Gasteiger partial charge in [0.15, 0.2) is 0 Å². The predicted molar refractivity (Wildman–Crippen MR) is 157 cm³/mol. The van der Waals surface area contributed by atoms with E-state index in [1.807, 2.05) is 6.92 Å². The van der Waals surface area contributed by atoms with E-state index in [1.165, 1.54) is 35.0 Å². The fourth-order valence-corrected chi connectivity index (χ4v) is 5.24. The standard InChI is InChI=1S/C30H27ClF3N7O3/c1-16-12-21-25(15-40(16)27(43)19-6-9-23(31)22(13-19)30(32,33)34)39-29(38-17(2)24-14-36-10-11-37-24)41(28(21)44)20-7-4-18(5-8-20)26(42)35-3/h4-11,13-14,16-17H,12,15H2,1-3H3,(H,35,42)(H,38,39)/t16-,17+/m1/s1. The third-order valence-corrected chi connectivity index (χ3v) is 7.71. The van der Waals surface area contributed by atoms with Gasteiger partial charge in [0.05, 0.1) is 46.4 Å². The van der Waals surface area contributed by atoms with Gasteiger partial charge in [0.25, 0.3) is 17.4 Å². The van der Waals surface area contributed by atoms with Gasteiger partial charge in [-0.1, -0.05) is 11.6 Å². The number of fused-ring (bicyclic) bond motifs is 1. The molecule has 0 radical (unpaired) electrons. The van der Waals surface area contributed by atoms with Gasteiger partial charge in [-0.05, 0) is 62.7 Å². The molecule has 2 aromatic heterocycles. The molecule has 2 N–H and O–H groups in total. The van der Waals surface area contributed by atoms with E-state index in [-0.39, 0.29) is 35.9 Å². The molecule has 2 amide bonds. The van der Waals surface area contributed by atoms with Crippen molar-refractivity contribution < 1.29 is 22.8 Å². The predicted octanol–water partition coefficient (Wildman–Crippen LogP) is 4.81. The maximum atomic E-state index is 14.0. The minimum absolute atomic E-state index is 0.112. The Hall–Kier alpha value is -4.78. The number of hydrogen-bond donors (Lipinski definition) is 2. The molecule has 10 nitrogen and oxygen atoms in total. The van der Waals surface area contributed by atoms with Crippen molar-refractivity contribution in [1.82, 2.24) is 29.7 Å². The van der Waals surface area contributed by atoms with Crippen LogP contribution in [0.1, 0.15) is 63.1 Å². The smallest absolute Gasteiger partial charge is 0.355 e. The highest BCUT2D eigenvalue weighted by Gasteiger charge is 2.36. The van der Waals surface area contributed by atoms with E-state index in [4.69, 9.17) is 16.6 Å². The van der Waals surface area contributed by atoms with Crippen LogP contribution in [0.5, 0.6) is 0 Å². The normalized spacial score (nSPS) is 15.3. The molecule has 1 aliphatic heterocycles. The number of halogens is 4. The lowest BCUT2D eigenvalue weighted by atomic mass is 9.98. The largest absolute Gasteiger partial charge is 0.417 e. The number of hydrogen-bond acceptors (Lipinski definition) is 7. The molecule has 4 aromatic rings. The number of nitrogens with zero attached hydrogens (tertiary/aromatic N) is 5. The average Bonchev–Trinajstić information content (AvgIpc) is 3.01. The lowest BCUT2D eigenvalue weighted by Gasteiger charge is -2.35. The van der Waals surface area contributed by atoms with E-state index in [0.717, 1.165) is 12.1 Å². The molecule has 228 valence electrons. The second kappa shape index (κ2) is 12.1. The molecule has 2 aromatic carbocycles. The van der Waals surface area contributed by atoms with Gasteiger partial charge in [-0.15, -0.1) is 0 Å². The second-order valence-corrected chi connectivity index (χ2v) is 10.7. The van der Waals surface area contributed by atoms with Crippen molar-refractivity contribution in [3.63, 3.8) is 0 Å². The lowest BCUT2D eigenvalue weighted by molar-refractivity contribution is -0.137. The van der Waals surface area contributed by atoms with Crippen LogP contribution >= 0.6 is 11.6 Å². The second-order valence-electron chi connectivity index (χ2n) is 10.3. The van der Waals surface area contributed by atoms with Gasteiger partial charge in [0.1, 0.15) is 0 Å². The molecule has 0 unspecified atom stereocenters. The van der Waals surface area contributed by atoms with Crippen molar-refractivity contribution in [3.8, 4) is 5.69 Å². The summed E-state index contributed by atoms with van der Waals surface area (Å²) in [6, 6.07) is 8.46. The van der Waals surface area contributed by atoms with Crippen LogP contribution in [-0.4, -0.2) is 49.3 Å². The minimum Gasteiger partial charge on any atom is -0.355 e. The first-order chi connectivity index (χ1) is 20.9. The van der Waals surface area contributed by atoms with E-state index in [9.17, 15) is 27.6 Å². The highest BCUT2D eigenvalue weighted by Crippen LogP contribution is 2.36. The van der Waals surface area contributed by atoms with Crippen LogP contribution in [0.25, 0.3) is 5.69 Å².